The number of carbonyl (C=O) groups is 2. The number of ether oxygens (including phenoxy) is 2. The van der Waals surface area contributed by atoms with E-state index in [0.29, 0.717) is 12.1 Å². The third-order valence-corrected chi connectivity index (χ3v) is 5.32. The van der Waals surface area contributed by atoms with Gasteiger partial charge in [0.2, 0.25) is 0 Å². The number of nitrogens with one attached hydrogen (secondary N) is 1. The molecule has 0 radical (unpaired) electrons. The van der Waals surface area contributed by atoms with Gasteiger partial charge in [0.1, 0.15) is 5.82 Å². The lowest BCUT2D eigenvalue weighted by molar-refractivity contribution is -0.119. The first-order valence-corrected chi connectivity index (χ1v) is 10.6. The van der Waals surface area contributed by atoms with E-state index in [1.54, 1.807) is 6.20 Å². The number of nitrogens with zero attached hydrogens (tertiary/aromatic N) is 2. The molecule has 2 aromatic rings. The Balaban J connectivity index is 1.62. The molecule has 1 aliphatic rings. The third-order valence-electron chi connectivity index (χ3n) is 5.04. The molecular formula is C22H27ClN4O4. The van der Waals surface area contributed by atoms with Crippen LogP contribution in [0.1, 0.15) is 41.6 Å². The van der Waals surface area contributed by atoms with E-state index in [1.165, 1.54) is 44.9 Å². The van der Waals surface area contributed by atoms with Gasteiger partial charge in [-0.1, -0.05) is 30.5 Å². The van der Waals surface area contributed by atoms with Crippen molar-refractivity contribution in [3.8, 4) is 11.5 Å². The molecule has 3 rings (SSSR count). The topological polar surface area (TPSA) is 107 Å². The molecule has 31 heavy (non-hydrogen) atoms. The van der Waals surface area contributed by atoms with E-state index in [-0.39, 0.29) is 29.0 Å². The van der Waals surface area contributed by atoms with E-state index in [9.17, 15) is 9.59 Å². The average molecular weight is 447 g/mol. The minimum Gasteiger partial charge on any atom is -0.493 e. The number of carbonyl (C=O) groups excluding carboxylic acids is 2. The molecular weight excluding hydrogens is 420 g/mol. The Morgan fingerprint density at radius 3 is 2.55 bits per heavy atom. The van der Waals surface area contributed by atoms with E-state index < -0.39 is 5.91 Å². The van der Waals surface area contributed by atoms with Crippen molar-refractivity contribution in [1.82, 2.24) is 10.3 Å². The fraction of sp³-hybridized carbons (Fsp3) is 0.409. The summed E-state index contributed by atoms with van der Waals surface area (Å²) in [6, 6.07) is 6.92. The molecule has 0 atom stereocenters. The minimum absolute atomic E-state index is 0.147. The van der Waals surface area contributed by atoms with Crippen LogP contribution < -0.4 is 25.4 Å². The second kappa shape index (κ2) is 10.9. The first-order chi connectivity index (χ1) is 15.0. The monoisotopic (exact) mass is 446 g/mol. The maximum absolute atomic E-state index is 12.6. The molecule has 3 N–H and O–H groups in total. The number of aromatic nitrogens is 1. The van der Waals surface area contributed by atoms with E-state index in [2.05, 4.69) is 15.2 Å². The lowest BCUT2D eigenvalue weighted by atomic mass is 10.1. The molecule has 166 valence electrons. The Hall–Kier alpha value is -3.00. The highest BCUT2D eigenvalue weighted by Gasteiger charge is 2.17. The fourth-order valence-electron chi connectivity index (χ4n) is 3.43. The standard InChI is InChI=1S/C22H27ClN4O4/c1-30-18-11-16(10-17(23)21(18)31-14-19(24)28)22(29)26-13-15-6-7-20(25-12-15)27-8-4-2-3-5-9-27/h6-7,10-12H,2-5,8-9,13-14H2,1H3,(H2,24,28)(H,26,29). The molecule has 0 unspecified atom stereocenters. The number of anilines is 1. The molecule has 1 aromatic carbocycles. The van der Waals surface area contributed by atoms with Crippen LogP contribution in [0.4, 0.5) is 5.82 Å². The second-order valence-electron chi connectivity index (χ2n) is 7.35. The van der Waals surface area contributed by atoms with Crippen LogP contribution in [-0.4, -0.2) is 43.6 Å². The van der Waals surface area contributed by atoms with Crippen LogP contribution in [0.25, 0.3) is 0 Å². The van der Waals surface area contributed by atoms with Crippen molar-refractivity contribution in [1.29, 1.82) is 0 Å². The van der Waals surface area contributed by atoms with Gasteiger partial charge in [-0.2, -0.15) is 0 Å². The molecule has 8 nitrogen and oxygen atoms in total. The van der Waals surface area contributed by atoms with E-state index in [1.807, 2.05) is 12.1 Å². The van der Waals surface area contributed by atoms with Crippen molar-refractivity contribution >= 4 is 29.2 Å². The zero-order valence-electron chi connectivity index (χ0n) is 17.5. The highest BCUT2D eigenvalue weighted by molar-refractivity contribution is 6.32. The molecule has 1 fully saturated rings. The smallest absolute Gasteiger partial charge is 0.255 e. The van der Waals surface area contributed by atoms with Crippen molar-refractivity contribution in [2.24, 2.45) is 5.73 Å². The largest absolute Gasteiger partial charge is 0.493 e. The van der Waals surface area contributed by atoms with Gasteiger partial charge in [-0.25, -0.2) is 4.98 Å². The highest BCUT2D eigenvalue weighted by Crippen LogP contribution is 2.36. The first-order valence-electron chi connectivity index (χ1n) is 10.2. The van der Waals surface area contributed by atoms with E-state index >= 15 is 0 Å². The number of primary amides is 1. The molecule has 1 aliphatic heterocycles. The lowest BCUT2D eigenvalue weighted by Gasteiger charge is -2.21. The maximum Gasteiger partial charge on any atom is 0.255 e. The van der Waals surface area contributed by atoms with Crippen LogP contribution in [0.2, 0.25) is 5.02 Å². The summed E-state index contributed by atoms with van der Waals surface area (Å²) in [5.41, 5.74) is 6.30. The molecule has 2 heterocycles. The average Bonchev–Trinajstić information content (AvgIpc) is 3.06. The van der Waals surface area contributed by atoms with Crippen LogP contribution in [-0.2, 0) is 11.3 Å². The Morgan fingerprint density at radius 2 is 1.94 bits per heavy atom. The number of hydrogen-bond acceptors (Lipinski definition) is 6. The van der Waals surface area contributed by atoms with Gasteiger partial charge in [0.25, 0.3) is 11.8 Å². The quantitative estimate of drug-likeness (QED) is 0.645. The molecule has 0 bridgehead atoms. The summed E-state index contributed by atoms with van der Waals surface area (Å²) in [4.78, 5) is 30.4. The zero-order chi connectivity index (χ0) is 22.2. The highest BCUT2D eigenvalue weighted by atomic mass is 35.5. The molecule has 0 spiro atoms. The summed E-state index contributed by atoms with van der Waals surface area (Å²) in [5, 5.41) is 3.00. The Labute approximate surface area is 186 Å². The molecule has 0 aliphatic carbocycles. The summed E-state index contributed by atoms with van der Waals surface area (Å²) >= 11 is 6.21. The lowest BCUT2D eigenvalue weighted by Crippen LogP contribution is -2.25. The summed E-state index contributed by atoms with van der Waals surface area (Å²) in [6.07, 6.45) is 6.71. The summed E-state index contributed by atoms with van der Waals surface area (Å²) < 4.78 is 10.5. The minimum atomic E-state index is -0.643. The number of rotatable bonds is 8. The molecule has 0 saturated carbocycles. The van der Waals surface area contributed by atoms with Crippen molar-refractivity contribution < 1.29 is 19.1 Å². The number of methoxy groups -OCH3 is 1. The SMILES string of the molecule is COc1cc(C(=O)NCc2ccc(N3CCCCCC3)nc2)cc(Cl)c1OCC(N)=O. The molecule has 1 saturated heterocycles. The van der Waals surface area contributed by atoms with Crippen LogP contribution >= 0.6 is 11.6 Å². The van der Waals surface area contributed by atoms with E-state index in [4.69, 9.17) is 26.8 Å². The van der Waals surface area contributed by atoms with Gasteiger partial charge in [-0.05, 0) is 36.6 Å². The Morgan fingerprint density at radius 1 is 1.19 bits per heavy atom. The van der Waals surface area contributed by atoms with E-state index in [0.717, 1.165) is 24.5 Å². The predicted molar refractivity (Wildman–Crippen MR) is 119 cm³/mol. The van der Waals surface area contributed by atoms with Gasteiger partial charge < -0.3 is 25.4 Å². The zero-order valence-corrected chi connectivity index (χ0v) is 18.3. The van der Waals surface area contributed by atoms with Gasteiger partial charge >= 0.3 is 0 Å². The number of benzene rings is 1. The maximum atomic E-state index is 12.6. The molecule has 9 heteroatoms. The summed E-state index contributed by atoms with van der Waals surface area (Å²) in [6.45, 7) is 2.05. The normalized spacial score (nSPS) is 13.9. The van der Waals surface area contributed by atoms with Crippen molar-refractivity contribution in [2.75, 3.05) is 31.7 Å². The van der Waals surface area contributed by atoms with Crippen LogP contribution in [0.15, 0.2) is 30.5 Å². The number of pyridine rings is 1. The van der Waals surface area contributed by atoms with Gasteiger partial charge in [0, 0.05) is 31.4 Å². The Kier molecular flexibility index (Phi) is 7.94. The van der Waals surface area contributed by atoms with Gasteiger partial charge in [-0.15, -0.1) is 0 Å². The first kappa shape index (κ1) is 22.7. The van der Waals surface area contributed by atoms with Crippen LogP contribution in [0, 0.1) is 0 Å². The van der Waals surface area contributed by atoms with Crippen molar-refractivity contribution in [2.45, 2.75) is 32.2 Å². The number of halogens is 1. The summed E-state index contributed by atoms with van der Waals surface area (Å²) in [7, 11) is 1.42. The number of nitrogens with two attached hydrogens (primary N) is 1. The second-order valence-corrected chi connectivity index (χ2v) is 7.76. The fourth-order valence-corrected chi connectivity index (χ4v) is 3.69. The van der Waals surface area contributed by atoms with Gasteiger partial charge in [-0.3, -0.25) is 9.59 Å². The van der Waals surface area contributed by atoms with Gasteiger partial charge in [0.05, 0.1) is 12.1 Å². The van der Waals surface area contributed by atoms with Crippen molar-refractivity contribution in [3.63, 3.8) is 0 Å². The third kappa shape index (κ3) is 6.24. The van der Waals surface area contributed by atoms with Crippen molar-refractivity contribution in [3.05, 3.63) is 46.6 Å². The van der Waals surface area contributed by atoms with Gasteiger partial charge in [0.15, 0.2) is 18.1 Å². The number of hydrogen-bond donors (Lipinski definition) is 2. The van der Waals surface area contributed by atoms with Crippen LogP contribution in [0.3, 0.4) is 0 Å². The molecule has 1 aromatic heterocycles. The Bertz CT molecular complexity index is 912. The molecule has 2 amide bonds. The van der Waals surface area contributed by atoms with Crippen LogP contribution in [0.5, 0.6) is 11.5 Å². The summed E-state index contributed by atoms with van der Waals surface area (Å²) in [5.74, 6) is 0.406. The number of amides is 2. The predicted octanol–water partition coefficient (Wildman–Crippen LogP) is 2.92.